The van der Waals surface area contributed by atoms with Crippen LogP contribution in [0.15, 0.2) is 12.1 Å². The summed E-state index contributed by atoms with van der Waals surface area (Å²) >= 11 is 0. The number of hydrogen-bond acceptors (Lipinski definition) is 4. The van der Waals surface area contributed by atoms with Crippen molar-refractivity contribution in [1.29, 1.82) is 0 Å². The van der Waals surface area contributed by atoms with E-state index >= 15 is 0 Å². The maximum Gasteiger partial charge on any atom is 0.303 e. The van der Waals surface area contributed by atoms with Crippen molar-refractivity contribution in [1.82, 2.24) is 0 Å². The number of nitrogens with two attached hydrogens (primary N) is 1. The molecule has 20 heavy (non-hydrogen) atoms. The molecule has 0 aliphatic heterocycles. The second kappa shape index (κ2) is 7.14. The fourth-order valence-corrected chi connectivity index (χ4v) is 2.35. The van der Waals surface area contributed by atoms with Gasteiger partial charge in [-0.25, -0.2) is 0 Å². The van der Waals surface area contributed by atoms with Crippen molar-refractivity contribution < 1.29 is 19.4 Å². The maximum atomic E-state index is 10.7. The van der Waals surface area contributed by atoms with E-state index in [1.165, 1.54) is 0 Å². The summed E-state index contributed by atoms with van der Waals surface area (Å²) in [7, 11) is 3.19. The minimum Gasteiger partial charge on any atom is -0.496 e. The van der Waals surface area contributed by atoms with E-state index < -0.39 is 12.0 Å². The number of benzene rings is 1. The van der Waals surface area contributed by atoms with Crippen LogP contribution in [0.1, 0.15) is 49.8 Å². The Balaban J connectivity index is 3.28. The first-order valence-electron chi connectivity index (χ1n) is 6.64. The third kappa shape index (κ3) is 3.63. The molecule has 1 aromatic carbocycles. The largest absolute Gasteiger partial charge is 0.496 e. The molecule has 5 nitrogen and oxygen atoms in total. The van der Waals surface area contributed by atoms with Crippen molar-refractivity contribution >= 4 is 5.97 Å². The SMILES string of the molecule is COc1ccc(OC)c(C(N)CCC(=O)O)c1C(C)C. The second-order valence-corrected chi connectivity index (χ2v) is 4.99. The lowest BCUT2D eigenvalue weighted by Gasteiger charge is -2.23. The highest BCUT2D eigenvalue weighted by Crippen LogP contribution is 2.39. The van der Waals surface area contributed by atoms with Gasteiger partial charge in [-0.1, -0.05) is 13.8 Å². The summed E-state index contributed by atoms with van der Waals surface area (Å²) in [6.07, 6.45) is 0.387. The second-order valence-electron chi connectivity index (χ2n) is 4.99. The van der Waals surface area contributed by atoms with E-state index in [2.05, 4.69) is 0 Å². The highest BCUT2D eigenvalue weighted by Gasteiger charge is 2.22. The van der Waals surface area contributed by atoms with Crippen molar-refractivity contribution in [3.63, 3.8) is 0 Å². The van der Waals surface area contributed by atoms with Crippen molar-refractivity contribution in [3.05, 3.63) is 23.3 Å². The zero-order valence-electron chi connectivity index (χ0n) is 12.5. The van der Waals surface area contributed by atoms with Gasteiger partial charge in [-0.15, -0.1) is 0 Å². The molecule has 0 bridgehead atoms. The van der Waals surface area contributed by atoms with Gasteiger partial charge in [0, 0.05) is 23.6 Å². The molecule has 5 heteroatoms. The van der Waals surface area contributed by atoms with E-state index in [9.17, 15) is 4.79 Å². The fourth-order valence-electron chi connectivity index (χ4n) is 2.35. The van der Waals surface area contributed by atoms with Crippen molar-refractivity contribution in [2.24, 2.45) is 5.73 Å². The zero-order valence-corrected chi connectivity index (χ0v) is 12.5. The van der Waals surface area contributed by atoms with Crippen molar-refractivity contribution in [3.8, 4) is 11.5 Å². The molecular weight excluding hydrogens is 258 g/mol. The van der Waals surface area contributed by atoms with Gasteiger partial charge in [0.25, 0.3) is 0 Å². The molecule has 0 heterocycles. The molecule has 0 saturated heterocycles. The molecule has 112 valence electrons. The Kier molecular flexibility index (Phi) is 5.82. The minimum atomic E-state index is -0.853. The van der Waals surface area contributed by atoms with Crippen molar-refractivity contribution in [2.75, 3.05) is 14.2 Å². The van der Waals surface area contributed by atoms with Crippen LogP contribution in [0.2, 0.25) is 0 Å². The van der Waals surface area contributed by atoms with Crippen LogP contribution < -0.4 is 15.2 Å². The summed E-state index contributed by atoms with van der Waals surface area (Å²) in [6.45, 7) is 4.09. The van der Waals surface area contributed by atoms with Crippen LogP contribution >= 0.6 is 0 Å². The van der Waals surface area contributed by atoms with Gasteiger partial charge in [-0.05, 0) is 24.5 Å². The van der Waals surface area contributed by atoms with Gasteiger partial charge < -0.3 is 20.3 Å². The maximum absolute atomic E-state index is 10.7. The number of aliphatic carboxylic acids is 1. The van der Waals surface area contributed by atoms with Gasteiger partial charge in [-0.3, -0.25) is 4.79 Å². The minimum absolute atomic E-state index is 0.0269. The molecule has 1 aromatic rings. The monoisotopic (exact) mass is 281 g/mol. The van der Waals surface area contributed by atoms with Crippen LogP contribution in [0.5, 0.6) is 11.5 Å². The molecule has 0 radical (unpaired) electrons. The molecule has 3 N–H and O–H groups in total. The van der Waals surface area contributed by atoms with Crippen LogP contribution in [-0.4, -0.2) is 25.3 Å². The number of rotatable bonds is 7. The van der Waals surface area contributed by atoms with Crippen LogP contribution in [0, 0.1) is 0 Å². The average molecular weight is 281 g/mol. The Bertz CT molecular complexity index is 471. The number of carboxylic acid groups (broad SMARTS) is 1. The number of ether oxygens (including phenoxy) is 2. The molecule has 0 saturated carbocycles. The fraction of sp³-hybridized carbons (Fsp3) is 0.533. The summed E-state index contributed by atoms with van der Waals surface area (Å²) in [5.74, 6) is 0.772. The van der Waals surface area contributed by atoms with Gasteiger partial charge in [0.1, 0.15) is 11.5 Å². The van der Waals surface area contributed by atoms with Crippen LogP contribution in [0.3, 0.4) is 0 Å². The molecule has 1 atom stereocenters. The number of methoxy groups -OCH3 is 2. The highest BCUT2D eigenvalue weighted by molar-refractivity contribution is 5.66. The van der Waals surface area contributed by atoms with Gasteiger partial charge in [0.2, 0.25) is 0 Å². The standard InChI is InChI=1S/C15H23NO4/c1-9(2)14-11(19-3)6-7-12(20-4)15(14)10(16)5-8-13(17)18/h6-7,9-10H,5,8,16H2,1-4H3,(H,17,18). The van der Waals surface area contributed by atoms with Crippen molar-refractivity contribution in [2.45, 2.75) is 38.6 Å². The Labute approximate surface area is 119 Å². The zero-order chi connectivity index (χ0) is 15.3. The molecule has 0 aromatic heterocycles. The average Bonchev–Trinajstić information content (AvgIpc) is 2.42. The molecule has 0 spiro atoms. The van der Waals surface area contributed by atoms with E-state index in [0.29, 0.717) is 12.2 Å². The lowest BCUT2D eigenvalue weighted by molar-refractivity contribution is -0.137. The quantitative estimate of drug-likeness (QED) is 0.803. The molecule has 0 fully saturated rings. The number of hydrogen-bond donors (Lipinski definition) is 2. The Morgan fingerprint density at radius 3 is 2.10 bits per heavy atom. The van der Waals surface area contributed by atoms with E-state index in [4.69, 9.17) is 20.3 Å². The predicted molar refractivity (Wildman–Crippen MR) is 77.4 cm³/mol. The summed E-state index contributed by atoms with van der Waals surface area (Å²) < 4.78 is 10.8. The number of carbonyl (C=O) groups is 1. The van der Waals surface area contributed by atoms with Crippen LogP contribution in [-0.2, 0) is 4.79 Å². The van der Waals surface area contributed by atoms with E-state index in [-0.39, 0.29) is 12.3 Å². The normalized spacial score (nSPS) is 12.3. The first kappa shape index (κ1) is 16.3. The topological polar surface area (TPSA) is 81.8 Å². The third-order valence-electron chi connectivity index (χ3n) is 3.26. The third-order valence-corrected chi connectivity index (χ3v) is 3.26. The molecule has 1 unspecified atom stereocenters. The predicted octanol–water partition coefficient (Wildman–Crippen LogP) is 2.69. The molecular formula is C15H23NO4. The van der Waals surface area contributed by atoms with Gasteiger partial charge in [0.05, 0.1) is 14.2 Å². The van der Waals surface area contributed by atoms with E-state index in [0.717, 1.165) is 16.9 Å². The summed E-state index contributed by atoms with van der Waals surface area (Å²) in [4.78, 5) is 10.7. The lowest BCUT2D eigenvalue weighted by atomic mass is 9.89. The van der Waals surface area contributed by atoms with Crippen LogP contribution in [0.4, 0.5) is 0 Å². The van der Waals surface area contributed by atoms with Gasteiger partial charge in [-0.2, -0.15) is 0 Å². The summed E-state index contributed by atoms with van der Waals surface area (Å²) in [5.41, 5.74) is 8.00. The number of carboxylic acids is 1. The first-order chi connectivity index (χ1) is 9.42. The Morgan fingerprint density at radius 2 is 1.70 bits per heavy atom. The van der Waals surface area contributed by atoms with E-state index in [1.807, 2.05) is 19.9 Å². The van der Waals surface area contributed by atoms with E-state index in [1.54, 1.807) is 20.3 Å². The molecule has 0 aliphatic rings. The summed E-state index contributed by atoms with van der Waals surface area (Å²) in [5, 5.41) is 8.80. The first-order valence-corrected chi connectivity index (χ1v) is 6.64. The molecule has 1 rings (SSSR count). The summed E-state index contributed by atoms with van der Waals surface area (Å²) in [6, 6.07) is 3.26. The van der Waals surface area contributed by atoms with Crippen LogP contribution in [0.25, 0.3) is 0 Å². The smallest absolute Gasteiger partial charge is 0.303 e. The van der Waals surface area contributed by atoms with Gasteiger partial charge >= 0.3 is 5.97 Å². The Morgan fingerprint density at radius 1 is 1.20 bits per heavy atom. The lowest BCUT2D eigenvalue weighted by Crippen LogP contribution is -2.17. The molecule has 0 aliphatic carbocycles. The molecule has 0 amide bonds. The van der Waals surface area contributed by atoms with Gasteiger partial charge in [0.15, 0.2) is 0 Å². The Hall–Kier alpha value is -1.75. The highest BCUT2D eigenvalue weighted by atomic mass is 16.5.